The first-order chi connectivity index (χ1) is 12.8. The van der Waals surface area contributed by atoms with Crippen LogP contribution in [-0.2, 0) is 9.47 Å². The van der Waals surface area contributed by atoms with E-state index < -0.39 is 17.8 Å². The number of nitrogens with one attached hydrogen (secondary N) is 1. The van der Waals surface area contributed by atoms with Crippen molar-refractivity contribution in [2.24, 2.45) is 0 Å². The first-order valence-corrected chi connectivity index (χ1v) is 8.22. The smallest absolute Gasteiger partial charge is 0.337 e. The Bertz CT molecular complexity index is 879. The van der Waals surface area contributed by atoms with Crippen LogP contribution in [0.3, 0.4) is 0 Å². The maximum Gasteiger partial charge on any atom is 0.337 e. The molecule has 0 aromatic heterocycles. The van der Waals surface area contributed by atoms with Gasteiger partial charge < -0.3 is 19.5 Å². The zero-order valence-electron chi connectivity index (χ0n) is 14.6. The van der Waals surface area contributed by atoms with Crippen molar-refractivity contribution in [3.8, 4) is 5.75 Å². The maximum atomic E-state index is 12.7. The summed E-state index contributed by atoms with van der Waals surface area (Å²) < 4.78 is 14.5. The summed E-state index contributed by atoms with van der Waals surface area (Å²) in [6.07, 6.45) is 0. The van der Waals surface area contributed by atoms with Gasteiger partial charge in [0.1, 0.15) is 5.75 Å². The molecular formula is C18H15Cl2NO6. The number of hydrogen-bond acceptors (Lipinski definition) is 6. The Hall–Kier alpha value is -2.77. The van der Waals surface area contributed by atoms with E-state index in [0.29, 0.717) is 0 Å². The Morgan fingerprint density at radius 2 is 1.41 bits per heavy atom. The third-order valence-corrected chi connectivity index (χ3v) is 3.99. The van der Waals surface area contributed by atoms with Crippen LogP contribution in [0.4, 0.5) is 5.69 Å². The molecule has 0 fully saturated rings. The van der Waals surface area contributed by atoms with Crippen LogP contribution in [0.25, 0.3) is 0 Å². The number of halogens is 2. The number of rotatable bonds is 5. The minimum Gasteiger partial charge on any atom is -0.494 e. The Balaban J connectivity index is 2.46. The van der Waals surface area contributed by atoms with Gasteiger partial charge in [-0.2, -0.15) is 0 Å². The molecule has 0 aliphatic heterocycles. The highest BCUT2D eigenvalue weighted by Crippen LogP contribution is 2.32. The fraction of sp³-hybridized carbons (Fsp3) is 0.167. The molecule has 1 amide bonds. The van der Waals surface area contributed by atoms with Crippen LogP contribution in [0, 0.1) is 0 Å². The van der Waals surface area contributed by atoms with Crippen molar-refractivity contribution in [2.75, 3.05) is 26.6 Å². The van der Waals surface area contributed by atoms with Crippen LogP contribution in [0.15, 0.2) is 30.3 Å². The third-order valence-electron chi connectivity index (χ3n) is 3.49. The maximum absolute atomic E-state index is 12.7. The van der Waals surface area contributed by atoms with Gasteiger partial charge in [0.25, 0.3) is 5.91 Å². The van der Waals surface area contributed by atoms with Gasteiger partial charge in [-0.1, -0.05) is 23.2 Å². The topological polar surface area (TPSA) is 90.9 Å². The first kappa shape index (κ1) is 20.5. The highest BCUT2D eigenvalue weighted by molar-refractivity contribution is 6.36. The molecule has 1 N–H and O–H groups in total. The largest absolute Gasteiger partial charge is 0.494 e. The molecule has 27 heavy (non-hydrogen) atoms. The van der Waals surface area contributed by atoms with E-state index in [1.807, 2.05) is 0 Å². The number of esters is 2. The highest BCUT2D eigenvalue weighted by atomic mass is 35.5. The lowest BCUT2D eigenvalue weighted by molar-refractivity contribution is 0.0599. The lowest BCUT2D eigenvalue weighted by Gasteiger charge is -2.13. The summed E-state index contributed by atoms with van der Waals surface area (Å²) in [6, 6.07) is 6.83. The molecule has 0 aliphatic rings. The molecule has 0 heterocycles. The average molecular weight is 412 g/mol. The Morgan fingerprint density at radius 1 is 0.852 bits per heavy atom. The minimum atomic E-state index is -0.681. The molecule has 7 nitrogen and oxygen atoms in total. The molecule has 0 saturated carbocycles. The van der Waals surface area contributed by atoms with E-state index >= 15 is 0 Å². The van der Waals surface area contributed by atoms with Crippen molar-refractivity contribution >= 4 is 46.7 Å². The molecule has 2 rings (SSSR count). The molecule has 2 aromatic rings. The van der Waals surface area contributed by atoms with E-state index in [4.69, 9.17) is 27.9 Å². The van der Waals surface area contributed by atoms with E-state index in [1.165, 1.54) is 51.7 Å². The van der Waals surface area contributed by atoms with Gasteiger partial charge in [0.15, 0.2) is 0 Å². The Labute approximate surface area is 165 Å². The second-order valence-electron chi connectivity index (χ2n) is 5.20. The van der Waals surface area contributed by atoms with Gasteiger partial charge in [-0.05, 0) is 30.3 Å². The number of anilines is 1. The molecular weight excluding hydrogens is 397 g/mol. The van der Waals surface area contributed by atoms with Gasteiger partial charge in [0.2, 0.25) is 0 Å². The number of carbonyl (C=O) groups excluding carboxylic acids is 3. The van der Waals surface area contributed by atoms with Gasteiger partial charge >= 0.3 is 11.9 Å². The quantitative estimate of drug-likeness (QED) is 0.751. The van der Waals surface area contributed by atoms with Crippen molar-refractivity contribution < 1.29 is 28.6 Å². The van der Waals surface area contributed by atoms with Crippen LogP contribution in [0.2, 0.25) is 10.0 Å². The lowest BCUT2D eigenvalue weighted by Crippen LogP contribution is -2.15. The van der Waals surface area contributed by atoms with Gasteiger partial charge in [-0.15, -0.1) is 0 Å². The summed E-state index contributed by atoms with van der Waals surface area (Å²) in [5, 5.41) is 2.98. The zero-order chi connectivity index (χ0) is 20.1. The molecule has 0 aliphatic carbocycles. The highest BCUT2D eigenvalue weighted by Gasteiger charge is 2.19. The van der Waals surface area contributed by atoms with E-state index in [1.54, 1.807) is 0 Å². The average Bonchev–Trinajstić information content (AvgIpc) is 2.65. The summed E-state index contributed by atoms with van der Waals surface area (Å²) in [5.41, 5.74) is 0.373. The molecule has 0 saturated heterocycles. The molecule has 0 unspecified atom stereocenters. The second kappa shape index (κ2) is 8.75. The number of hydrogen-bond donors (Lipinski definition) is 1. The number of methoxy groups -OCH3 is 3. The molecule has 142 valence electrons. The fourth-order valence-corrected chi connectivity index (χ4v) is 2.88. The van der Waals surface area contributed by atoms with Gasteiger partial charge in [-0.3, -0.25) is 4.79 Å². The number of carbonyl (C=O) groups is 3. The van der Waals surface area contributed by atoms with Crippen LogP contribution in [0.1, 0.15) is 31.1 Å². The molecule has 0 spiro atoms. The zero-order valence-corrected chi connectivity index (χ0v) is 16.1. The van der Waals surface area contributed by atoms with Crippen molar-refractivity contribution in [3.63, 3.8) is 0 Å². The van der Waals surface area contributed by atoms with Crippen molar-refractivity contribution in [1.29, 1.82) is 0 Å². The molecule has 0 radical (unpaired) electrons. The second-order valence-corrected chi connectivity index (χ2v) is 6.05. The molecule has 0 bridgehead atoms. The van der Waals surface area contributed by atoms with Crippen molar-refractivity contribution in [2.45, 2.75) is 0 Å². The fourth-order valence-electron chi connectivity index (χ4n) is 2.31. The predicted molar refractivity (Wildman–Crippen MR) is 100 cm³/mol. The number of amides is 1. The monoisotopic (exact) mass is 411 g/mol. The van der Waals surface area contributed by atoms with E-state index in [9.17, 15) is 14.4 Å². The number of benzene rings is 2. The predicted octanol–water partition coefficient (Wildman–Crippen LogP) is 3.83. The Kier molecular flexibility index (Phi) is 6.65. The van der Waals surface area contributed by atoms with Gasteiger partial charge in [-0.25, -0.2) is 9.59 Å². The molecule has 9 heteroatoms. The number of ether oxygens (including phenoxy) is 3. The Morgan fingerprint density at radius 3 is 1.89 bits per heavy atom. The standard InChI is InChI=1S/C18H15Cl2NO6/c1-25-15-13(7-11(19)8-14(15)20)16(22)21-12-5-9(17(23)26-2)4-10(6-12)18(24)27-3/h4-8H,1-3H3,(H,21,22). The van der Waals surface area contributed by atoms with E-state index in [-0.39, 0.29) is 38.2 Å². The molecule has 0 atom stereocenters. The van der Waals surface area contributed by atoms with Crippen LogP contribution in [-0.4, -0.2) is 39.2 Å². The SMILES string of the molecule is COC(=O)c1cc(NC(=O)c2cc(Cl)cc(Cl)c2OC)cc(C(=O)OC)c1. The third kappa shape index (κ3) is 4.69. The summed E-state index contributed by atoms with van der Waals surface area (Å²) in [4.78, 5) is 36.3. The van der Waals surface area contributed by atoms with Crippen LogP contribution in [0.5, 0.6) is 5.75 Å². The van der Waals surface area contributed by atoms with Gasteiger partial charge in [0, 0.05) is 10.7 Å². The molecule has 2 aromatic carbocycles. The minimum absolute atomic E-state index is 0.0618. The van der Waals surface area contributed by atoms with E-state index in [0.717, 1.165) is 0 Å². The summed E-state index contributed by atoms with van der Waals surface area (Å²) in [5.74, 6) is -1.83. The normalized spacial score (nSPS) is 10.1. The lowest BCUT2D eigenvalue weighted by atomic mass is 10.1. The van der Waals surface area contributed by atoms with Crippen molar-refractivity contribution in [3.05, 3.63) is 57.1 Å². The summed E-state index contributed by atoms with van der Waals surface area (Å²) >= 11 is 12.0. The first-order valence-electron chi connectivity index (χ1n) is 7.46. The van der Waals surface area contributed by atoms with Crippen LogP contribution >= 0.6 is 23.2 Å². The van der Waals surface area contributed by atoms with E-state index in [2.05, 4.69) is 14.8 Å². The summed E-state index contributed by atoms with van der Waals surface area (Å²) in [7, 11) is 3.76. The summed E-state index contributed by atoms with van der Waals surface area (Å²) in [6.45, 7) is 0. The van der Waals surface area contributed by atoms with Gasteiger partial charge in [0.05, 0.1) is 43.0 Å². The van der Waals surface area contributed by atoms with Crippen molar-refractivity contribution in [1.82, 2.24) is 0 Å². The van der Waals surface area contributed by atoms with Crippen LogP contribution < -0.4 is 10.1 Å².